The van der Waals surface area contributed by atoms with Crippen molar-refractivity contribution in [2.45, 2.75) is 31.8 Å². The molecule has 158 valence electrons. The van der Waals surface area contributed by atoms with E-state index in [1.165, 1.54) is 6.07 Å². The van der Waals surface area contributed by atoms with Crippen molar-refractivity contribution >= 4 is 22.8 Å². The van der Waals surface area contributed by atoms with Crippen molar-refractivity contribution in [2.24, 2.45) is 7.05 Å². The first-order valence-corrected chi connectivity index (χ1v) is 10.6. The van der Waals surface area contributed by atoms with Crippen molar-refractivity contribution in [3.05, 3.63) is 70.6 Å². The molecule has 0 saturated carbocycles. The van der Waals surface area contributed by atoms with E-state index in [9.17, 15) is 4.39 Å². The van der Waals surface area contributed by atoms with Gasteiger partial charge < -0.3 is 4.74 Å². The molecule has 4 heterocycles. The summed E-state index contributed by atoms with van der Waals surface area (Å²) in [6, 6.07) is 6.62. The maximum absolute atomic E-state index is 14.8. The van der Waals surface area contributed by atoms with Gasteiger partial charge in [-0.25, -0.2) is 14.4 Å². The van der Waals surface area contributed by atoms with Gasteiger partial charge in [0.05, 0.1) is 18.0 Å². The lowest BCUT2D eigenvalue weighted by Crippen LogP contribution is -2.19. The zero-order valence-electron chi connectivity index (χ0n) is 17.2. The third-order valence-electron chi connectivity index (χ3n) is 5.68. The first kappa shape index (κ1) is 20.0. The zero-order valence-corrected chi connectivity index (χ0v) is 18.0. The number of rotatable bonds is 3. The van der Waals surface area contributed by atoms with E-state index >= 15 is 0 Å². The average Bonchev–Trinajstić information content (AvgIpc) is 3.19. The molecule has 0 N–H and O–H groups in total. The van der Waals surface area contributed by atoms with Crippen LogP contribution in [0.1, 0.15) is 41.8 Å². The fourth-order valence-electron chi connectivity index (χ4n) is 4.13. The third-order valence-corrected chi connectivity index (χ3v) is 5.91. The predicted molar refractivity (Wildman–Crippen MR) is 116 cm³/mol. The Hall–Kier alpha value is -2.90. The van der Waals surface area contributed by atoms with Gasteiger partial charge in [0.2, 0.25) is 0 Å². The summed E-state index contributed by atoms with van der Waals surface area (Å²) in [5.41, 5.74) is 4.89. The van der Waals surface area contributed by atoms with E-state index in [-0.39, 0.29) is 12.0 Å². The molecule has 4 aromatic rings. The van der Waals surface area contributed by atoms with Crippen molar-refractivity contribution in [2.75, 3.05) is 6.61 Å². The quantitative estimate of drug-likeness (QED) is 0.443. The highest BCUT2D eigenvalue weighted by Gasteiger charge is 2.28. The summed E-state index contributed by atoms with van der Waals surface area (Å²) >= 11 is 5.97. The number of hydrogen-bond donors (Lipinski definition) is 0. The summed E-state index contributed by atoms with van der Waals surface area (Å²) in [5, 5.41) is 4.61. The maximum Gasteiger partial charge on any atom is 0.179 e. The molecule has 2 unspecified atom stereocenters. The Morgan fingerprint density at radius 1 is 1.16 bits per heavy atom. The van der Waals surface area contributed by atoms with Crippen molar-refractivity contribution < 1.29 is 9.13 Å². The van der Waals surface area contributed by atoms with Gasteiger partial charge in [0.1, 0.15) is 11.3 Å². The molecule has 0 spiro atoms. The van der Waals surface area contributed by atoms with E-state index in [0.29, 0.717) is 33.9 Å². The topological polar surface area (TPSA) is 65.7 Å². The SMILES string of the molecule is Cc1cnc2c(-c3ccc(Cl)cc3F)cc(C3CCOC(c4cnn(C)c4)C3)nc2n1. The average molecular weight is 438 g/mol. The summed E-state index contributed by atoms with van der Waals surface area (Å²) in [6.45, 7) is 2.49. The molecule has 0 radical (unpaired) electrons. The van der Waals surface area contributed by atoms with Crippen LogP contribution in [0.5, 0.6) is 0 Å². The van der Waals surface area contributed by atoms with Crippen LogP contribution in [0, 0.1) is 12.7 Å². The predicted octanol–water partition coefficient (Wildman–Crippen LogP) is 5.16. The molecule has 5 rings (SSSR count). The molecule has 0 aliphatic carbocycles. The number of benzene rings is 1. The van der Waals surface area contributed by atoms with E-state index in [1.807, 2.05) is 32.4 Å². The van der Waals surface area contributed by atoms with Crippen LogP contribution < -0.4 is 0 Å². The van der Waals surface area contributed by atoms with E-state index in [1.54, 1.807) is 23.0 Å². The normalized spacial score (nSPS) is 19.1. The Morgan fingerprint density at radius 3 is 2.81 bits per heavy atom. The second-order valence-corrected chi connectivity index (χ2v) is 8.37. The lowest BCUT2D eigenvalue weighted by molar-refractivity contribution is 0.00465. The monoisotopic (exact) mass is 437 g/mol. The minimum absolute atomic E-state index is 0.0516. The van der Waals surface area contributed by atoms with E-state index < -0.39 is 5.82 Å². The minimum Gasteiger partial charge on any atom is -0.373 e. The molecule has 1 fully saturated rings. The fraction of sp³-hybridized carbons (Fsp3) is 0.304. The summed E-state index contributed by atoms with van der Waals surface area (Å²) in [7, 11) is 1.89. The van der Waals surface area contributed by atoms with Gasteiger partial charge in [0, 0.05) is 59.4 Å². The van der Waals surface area contributed by atoms with Crippen LogP contribution in [0.15, 0.2) is 42.9 Å². The van der Waals surface area contributed by atoms with Gasteiger partial charge in [-0.2, -0.15) is 5.10 Å². The zero-order chi connectivity index (χ0) is 21.5. The molecule has 2 atom stereocenters. The minimum atomic E-state index is -0.395. The Bertz CT molecular complexity index is 1270. The molecule has 1 aliphatic rings. The largest absolute Gasteiger partial charge is 0.373 e. The van der Waals surface area contributed by atoms with Gasteiger partial charge in [0.25, 0.3) is 0 Å². The lowest BCUT2D eigenvalue weighted by atomic mass is 9.88. The van der Waals surface area contributed by atoms with Crippen LogP contribution in [0.2, 0.25) is 5.02 Å². The molecule has 1 aliphatic heterocycles. The Kier molecular flexibility index (Phi) is 5.16. The number of pyridine rings is 1. The molecular weight excluding hydrogens is 417 g/mol. The van der Waals surface area contributed by atoms with Gasteiger partial charge in [-0.1, -0.05) is 11.6 Å². The molecule has 6 nitrogen and oxygen atoms in total. The molecule has 1 aromatic carbocycles. The van der Waals surface area contributed by atoms with Gasteiger partial charge in [-0.3, -0.25) is 9.67 Å². The van der Waals surface area contributed by atoms with Crippen LogP contribution in [-0.4, -0.2) is 31.3 Å². The van der Waals surface area contributed by atoms with E-state index in [4.69, 9.17) is 21.3 Å². The highest BCUT2D eigenvalue weighted by molar-refractivity contribution is 6.30. The summed E-state index contributed by atoms with van der Waals surface area (Å²) in [4.78, 5) is 13.9. The Balaban J connectivity index is 1.60. The van der Waals surface area contributed by atoms with Crippen LogP contribution in [0.4, 0.5) is 4.39 Å². The second-order valence-electron chi connectivity index (χ2n) is 7.93. The molecule has 31 heavy (non-hydrogen) atoms. The number of fused-ring (bicyclic) bond motifs is 1. The number of aromatic nitrogens is 5. The van der Waals surface area contributed by atoms with E-state index in [2.05, 4.69) is 15.1 Å². The molecule has 1 saturated heterocycles. The van der Waals surface area contributed by atoms with Gasteiger partial charge >= 0.3 is 0 Å². The molecule has 8 heteroatoms. The summed E-state index contributed by atoms with van der Waals surface area (Å²) in [5.74, 6) is -0.242. The molecule has 0 amide bonds. The number of halogens is 2. The van der Waals surface area contributed by atoms with Gasteiger partial charge in [-0.05, 0) is 44.0 Å². The highest BCUT2D eigenvalue weighted by Crippen LogP contribution is 2.39. The fourth-order valence-corrected chi connectivity index (χ4v) is 4.29. The third kappa shape index (κ3) is 3.91. The molecule has 3 aromatic heterocycles. The highest BCUT2D eigenvalue weighted by atomic mass is 35.5. The van der Waals surface area contributed by atoms with Gasteiger partial charge in [0.15, 0.2) is 5.65 Å². The van der Waals surface area contributed by atoms with Crippen LogP contribution in [0.3, 0.4) is 0 Å². The number of nitrogens with zero attached hydrogens (tertiary/aromatic N) is 5. The van der Waals surface area contributed by atoms with Crippen LogP contribution in [-0.2, 0) is 11.8 Å². The van der Waals surface area contributed by atoms with Crippen molar-refractivity contribution in [3.63, 3.8) is 0 Å². The maximum atomic E-state index is 14.8. The van der Waals surface area contributed by atoms with Crippen molar-refractivity contribution in [3.8, 4) is 11.1 Å². The Morgan fingerprint density at radius 2 is 2.03 bits per heavy atom. The first-order valence-electron chi connectivity index (χ1n) is 10.2. The van der Waals surface area contributed by atoms with E-state index in [0.717, 1.165) is 29.8 Å². The summed E-state index contributed by atoms with van der Waals surface area (Å²) in [6.07, 6.45) is 7.04. The first-order chi connectivity index (χ1) is 15.0. The smallest absolute Gasteiger partial charge is 0.179 e. The molecular formula is C23H21ClFN5O. The van der Waals surface area contributed by atoms with Crippen molar-refractivity contribution in [1.29, 1.82) is 0 Å². The van der Waals surface area contributed by atoms with Crippen LogP contribution >= 0.6 is 11.6 Å². The molecule has 0 bridgehead atoms. The standard InChI is InChI=1S/C23H21ClFN5O/c1-13-10-26-22-18(17-4-3-16(24)8-19(17)25)9-20(29-23(22)28-13)14-5-6-31-21(7-14)15-11-27-30(2)12-15/h3-4,8-12,14,21H,5-7H2,1-2H3. The number of hydrogen-bond acceptors (Lipinski definition) is 5. The van der Waals surface area contributed by atoms with Crippen LogP contribution in [0.25, 0.3) is 22.3 Å². The number of ether oxygens (including phenoxy) is 1. The number of aryl methyl sites for hydroxylation is 2. The lowest BCUT2D eigenvalue weighted by Gasteiger charge is -2.29. The summed E-state index contributed by atoms with van der Waals surface area (Å²) < 4.78 is 22.6. The second kappa shape index (κ2) is 7.98. The van der Waals surface area contributed by atoms with Crippen molar-refractivity contribution in [1.82, 2.24) is 24.7 Å². The van der Waals surface area contributed by atoms with Gasteiger partial charge in [-0.15, -0.1) is 0 Å². The Labute approximate surface area is 184 Å².